The maximum atomic E-state index is 13.3. The molecule has 2 aliphatic carbocycles. The molecule has 7 heteroatoms. The standard InChI is InChI=1S/C20H28F3N3O/c1-19(11-7-3-2-4-8-12-19)26-18(27)15-13-16(20(21,22)23)25-17(24-15)14-9-5-6-10-14/h13-14H,2-12H2,1H3,(H,26,27). The largest absolute Gasteiger partial charge is 0.433 e. The number of hydrogen-bond donors (Lipinski definition) is 1. The fourth-order valence-corrected chi connectivity index (χ4v) is 4.24. The SMILES string of the molecule is CC1(NC(=O)c2cc(C(F)(F)F)nc(C3CCCC3)n2)CCCCCCC1. The lowest BCUT2D eigenvalue weighted by Gasteiger charge is -2.32. The molecule has 27 heavy (non-hydrogen) atoms. The van der Waals surface area contributed by atoms with Gasteiger partial charge in [-0.3, -0.25) is 4.79 Å². The molecule has 3 rings (SSSR count). The molecule has 0 unspecified atom stereocenters. The summed E-state index contributed by atoms with van der Waals surface area (Å²) in [5.74, 6) is -0.448. The molecule has 0 bridgehead atoms. The first-order chi connectivity index (χ1) is 12.8. The van der Waals surface area contributed by atoms with Gasteiger partial charge in [-0.05, 0) is 32.6 Å². The molecule has 2 aliphatic rings. The average Bonchev–Trinajstić information content (AvgIpc) is 3.12. The highest BCUT2D eigenvalue weighted by Gasteiger charge is 2.36. The lowest BCUT2D eigenvalue weighted by Crippen LogP contribution is -2.46. The Labute approximate surface area is 158 Å². The molecule has 150 valence electrons. The monoisotopic (exact) mass is 383 g/mol. The first-order valence-electron chi connectivity index (χ1n) is 10.1. The van der Waals surface area contributed by atoms with E-state index in [1.165, 1.54) is 6.42 Å². The highest BCUT2D eigenvalue weighted by atomic mass is 19.4. The molecular formula is C20H28F3N3O. The molecule has 1 heterocycles. The number of nitrogens with zero attached hydrogens (tertiary/aromatic N) is 2. The van der Waals surface area contributed by atoms with Crippen molar-refractivity contribution in [3.05, 3.63) is 23.3 Å². The van der Waals surface area contributed by atoms with Gasteiger partial charge in [-0.2, -0.15) is 13.2 Å². The zero-order valence-corrected chi connectivity index (χ0v) is 15.9. The van der Waals surface area contributed by atoms with Crippen molar-refractivity contribution in [3.63, 3.8) is 0 Å². The van der Waals surface area contributed by atoms with Gasteiger partial charge in [0.2, 0.25) is 0 Å². The predicted molar refractivity (Wildman–Crippen MR) is 96.4 cm³/mol. The van der Waals surface area contributed by atoms with Crippen molar-refractivity contribution < 1.29 is 18.0 Å². The van der Waals surface area contributed by atoms with Crippen molar-refractivity contribution in [2.45, 2.75) is 95.2 Å². The molecule has 1 N–H and O–H groups in total. The van der Waals surface area contributed by atoms with Gasteiger partial charge in [0, 0.05) is 17.5 Å². The van der Waals surface area contributed by atoms with E-state index in [1.807, 2.05) is 6.92 Å². The third kappa shape index (κ3) is 5.20. The van der Waals surface area contributed by atoms with Crippen molar-refractivity contribution in [2.75, 3.05) is 0 Å². The zero-order valence-electron chi connectivity index (χ0n) is 15.9. The average molecular weight is 383 g/mol. The molecule has 1 aromatic heterocycles. The van der Waals surface area contributed by atoms with Crippen LogP contribution in [0.3, 0.4) is 0 Å². The molecule has 0 radical (unpaired) electrons. The maximum Gasteiger partial charge on any atom is 0.433 e. The number of carbonyl (C=O) groups excluding carboxylic acids is 1. The van der Waals surface area contributed by atoms with E-state index in [1.54, 1.807) is 0 Å². The van der Waals surface area contributed by atoms with E-state index < -0.39 is 23.3 Å². The minimum absolute atomic E-state index is 0.0872. The van der Waals surface area contributed by atoms with Gasteiger partial charge in [0.25, 0.3) is 5.91 Å². The van der Waals surface area contributed by atoms with Gasteiger partial charge in [0.05, 0.1) is 0 Å². The van der Waals surface area contributed by atoms with Gasteiger partial charge in [-0.1, -0.05) is 44.9 Å². The Morgan fingerprint density at radius 1 is 1.04 bits per heavy atom. The third-order valence-electron chi connectivity index (χ3n) is 5.86. The molecule has 0 aromatic carbocycles. The van der Waals surface area contributed by atoms with Crippen LogP contribution in [0.4, 0.5) is 13.2 Å². The summed E-state index contributed by atoms with van der Waals surface area (Å²) < 4.78 is 39.9. The van der Waals surface area contributed by atoms with Gasteiger partial charge < -0.3 is 5.32 Å². The van der Waals surface area contributed by atoms with E-state index in [-0.39, 0.29) is 17.4 Å². The van der Waals surface area contributed by atoms with Crippen molar-refractivity contribution in [3.8, 4) is 0 Å². The summed E-state index contributed by atoms with van der Waals surface area (Å²) in [4.78, 5) is 20.8. The van der Waals surface area contributed by atoms with Crippen molar-refractivity contribution in [2.24, 2.45) is 0 Å². The van der Waals surface area contributed by atoms with E-state index in [0.717, 1.165) is 70.3 Å². The van der Waals surface area contributed by atoms with Crippen LogP contribution in [0.5, 0.6) is 0 Å². The highest BCUT2D eigenvalue weighted by molar-refractivity contribution is 5.92. The van der Waals surface area contributed by atoms with Crippen LogP contribution in [0.1, 0.15) is 105 Å². The number of nitrogens with one attached hydrogen (secondary N) is 1. The van der Waals surface area contributed by atoms with Gasteiger partial charge in [0.1, 0.15) is 17.2 Å². The second kappa shape index (κ2) is 8.15. The summed E-state index contributed by atoms with van der Waals surface area (Å²) in [5, 5.41) is 2.98. The summed E-state index contributed by atoms with van der Waals surface area (Å²) >= 11 is 0. The van der Waals surface area contributed by atoms with Crippen LogP contribution in [0.2, 0.25) is 0 Å². The molecule has 2 saturated carbocycles. The number of aromatic nitrogens is 2. The van der Waals surface area contributed by atoms with Crippen LogP contribution in [-0.2, 0) is 6.18 Å². The van der Waals surface area contributed by atoms with E-state index in [9.17, 15) is 18.0 Å². The molecule has 1 amide bonds. The summed E-state index contributed by atoms with van der Waals surface area (Å²) in [6.07, 6.45) is 6.06. The van der Waals surface area contributed by atoms with Crippen LogP contribution >= 0.6 is 0 Å². The number of halogens is 3. The van der Waals surface area contributed by atoms with Gasteiger partial charge in [0.15, 0.2) is 0 Å². The molecule has 4 nitrogen and oxygen atoms in total. The fourth-order valence-electron chi connectivity index (χ4n) is 4.24. The van der Waals surface area contributed by atoms with Crippen molar-refractivity contribution in [1.82, 2.24) is 15.3 Å². The summed E-state index contributed by atoms with van der Waals surface area (Å²) in [6, 6.07) is 0.792. The lowest BCUT2D eigenvalue weighted by molar-refractivity contribution is -0.141. The van der Waals surface area contributed by atoms with E-state index in [4.69, 9.17) is 0 Å². The smallest absolute Gasteiger partial charge is 0.346 e. The summed E-state index contributed by atoms with van der Waals surface area (Å²) in [5.41, 5.74) is -1.58. The lowest BCUT2D eigenvalue weighted by atomic mass is 9.85. The van der Waals surface area contributed by atoms with Crippen LogP contribution in [0.15, 0.2) is 6.07 Å². The Balaban J connectivity index is 1.85. The summed E-state index contributed by atoms with van der Waals surface area (Å²) in [7, 11) is 0. The second-order valence-corrected chi connectivity index (χ2v) is 8.26. The Hall–Kier alpha value is -1.66. The minimum atomic E-state index is -4.59. The molecule has 2 fully saturated rings. The van der Waals surface area contributed by atoms with Crippen molar-refractivity contribution in [1.29, 1.82) is 0 Å². The maximum absolute atomic E-state index is 13.3. The Morgan fingerprint density at radius 3 is 2.22 bits per heavy atom. The Bertz CT molecular complexity index is 661. The summed E-state index contributed by atoms with van der Waals surface area (Å²) in [6.45, 7) is 1.99. The van der Waals surface area contributed by atoms with Crippen LogP contribution in [0.25, 0.3) is 0 Å². The van der Waals surface area contributed by atoms with Crippen LogP contribution < -0.4 is 5.32 Å². The minimum Gasteiger partial charge on any atom is -0.346 e. The topological polar surface area (TPSA) is 54.9 Å². The fraction of sp³-hybridized carbons (Fsp3) is 0.750. The Kier molecular flexibility index (Phi) is 6.06. The van der Waals surface area contributed by atoms with Gasteiger partial charge in [-0.15, -0.1) is 0 Å². The van der Waals surface area contributed by atoms with Crippen LogP contribution in [-0.4, -0.2) is 21.4 Å². The molecule has 1 aromatic rings. The molecule has 0 spiro atoms. The number of hydrogen-bond acceptors (Lipinski definition) is 3. The number of alkyl halides is 3. The van der Waals surface area contributed by atoms with Crippen LogP contribution in [0, 0.1) is 0 Å². The second-order valence-electron chi connectivity index (χ2n) is 8.26. The Morgan fingerprint density at radius 2 is 1.63 bits per heavy atom. The van der Waals surface area contributed by atoms with E-state index in [2.05, 4.69) is 15.3 Å². The van der Waals surface area contributed by atoms with E-state index >= 15 is 0 Å². The molecule has 0 saturated heterocycles. The van der Waals surface area contributed by atoms with Gasteiger partial charge in [-0.25, -0.2) is 9.97 Å². The third-order valence-corrected chi connectivity index (χ3v) is 5.86. The number of rotatable bonds is 3. The zero-order chi connectivity index (χ0) is 19.5. The first-order valence-corrected chi connectivity index (χ1v) is 10.1. The quantitative estimate of drug-likeness (QED) is 0.762. The first kappa shape index (κ1) is 20.1. The predicted octanol–water partition coefficient (Wildman–Crippen LogP) is 5.39. The molecule has 0 aliphatic heterocycles. The number of carbonyl (C=O) groups is 1. The highest BCUT2D eigenvalue weighted by Crippen LogP contribution is 2.35. The van der Waals surface area contributed by atoms with Crippen molar-refractivity contribution >= 4 is 5.91 Å². The van der Waals surface area contributed by atoms with E-state index in [0.29, 0.717) is 0 Å². The number of amides is 1. The molecular weight excluding hydrogens is 355 g/mol. The molecule has 0 atom stereocenters. The normalized spacial score (nSPS) is 21.5. The van der Waals surface area contributed by atoms with Gasteiger partial charge >= 0.3 is 6.18 Å².